The van der Waals surface area contributed by atoms with Crippen molar-refractivity contribution in [2.75, 3.05) is 41.8 Å². The normalized spacial score (nSPS) is 13.3. The van der Waals surface area contributed by atoms with Gasteiger partial charge in [-0.3, -0.25) is 38.6 Å². The lowest BCUT2D eigenvalue weighted by molar-refractivity contribution is -0.126. The number of anilines is 4. The lowest BCUT2D eigenvalue weighted by Crippen LogP contribution is -2.45. The monoisotopic (exact) mass is 1090 g/mol. The Morgan fingerprint density at radius 1 is 0.366 bits per heavy atom. The Balaban J connectivity index is 0.000000212. The molecular formula is C68H62N4O10. The van der Waals surface area contributed by atoms with Gasteiger partial charge < -0.3 is 30.3 Å². The maximum absolute atomic E-state index is 14.4. The van der Waals surface area contributed by atoms with Gasteiger partial charge in [-0.2, -0.15) is 0 Å². The number of fused-ring (bicyclic) bond motifs is 1. The van der Waals surface area contributed by atoms with Crippen molar-refractivity contribution in [2.24, 2.45) is 11.8 Å². The first kappa shape index (κ1) is 58.0. The summed E-state index contributed by atoms with van der Waals surface area (Å²) >= 11 is 0. The fraction of sp³-hybridized carbons (Fsp3) is 0.147. The van der Waals surface area contributed by atoms with E-state index in [9.17, 15) is 28.8 Å². The zero-order valence-electron chi connectivity index (χ0n) is 46.7. The maximum Gasteiger partial charge on any atom is 0.265 e. The summed E-state index contributed by atoms with van der Waals surface area (Å²) in [5.41, 5.74) is 11.3. The van der Waals surface area contributed by atoms with Crippen LogP contribution < -0.4 is 34.6 Å². The number of carbonyl (C=O) groups excluding carboxylic acids is 6. The van der Waals surface area contributed by atoms with Gasteiger partial charge in [0.25, 0.3) is 11.8 Å². The van der Waals surface area contributed by atoms with Crippen molar-refractivity contribution >= 4 is 69.3 Å². The van der Waals surface area contributed by atoms with E-state index >= 15 is 0 Å². The summed E-state index contributed by atoms with van der Waals surface area (Å²) in [6, 6.07) is 57.4. The third kappa shape index (κ3) is 12.3. The molecule has 2 aliphatic heterocycles. The topological polar surface area (TPSA) is 192 Å². The Bertz CT molecular complexity index is 3600. The molecular weight excluding hydrogens is 1030 g/mol. The minimum absolute atomic E-state index is 0. The van der Waals surface area contributed by atoms with E-state index in [1.807, 2.05) is 132 Å². The lowest BCUT2D eigenvalue weighted by atomic mass is 9.79. The van der Waals surface area contributed by atoms with Gasteiger partial charge in [-0.1, -0.05) is 137 Å². The van der Waals surface area contributed by atoms with Gasteiger partial charge in [0, 0.05) is 33.9 Å². The van der Waals surface area contributed by atoms with Crippen molar-refractivity contribution in [3.05, 3.63) is 255 Å². The number of Topliss-reactive ketones (excluding diaryl/α,β-unsaturated/α-hetero) is 2. The van der Waals surface area contributed by atoms with E-state index in [2.05, 4.69) is 10.6 Å². The number of aryl methyl sites for hydroxylation is 5. The quantitative estimate of drug-likeness (QED) is 0.0700. The van der Waals surface area contributed by atoms with Crippen LogP contribution in [0, 0.1) is 46.5 Å². The van der Waals surface area contributed by atoms with Gasteiger partial charge in [0.1, 0.15) is 29.1 Å². The second kappa shape index (κ2) is 25.3. The molecule has 0 aliphatic carbocycles. The number of ether oxygens (including phenoxy) is 3. The van der Waals surface area contributed by atoms with Crippen LogP contribution in [-0.2, 0) is 19.2 Å². The first-order chi connectivity index (χ1) is 39.1. The number of rotatable bonds is 16. The predicted molar refractivity (Wildman–Crippen MR) is 320 cm³/mol. The number of benzene rings is 8. The van der Waals surface area contributed by atoms with Crippen LogP contribution >= 0.6 is 0 Å². The van der Waals surface area contributed by atoms with E-state index in [0.29, 0.717) is 56.9 Å². The Morgan fingerprint density at radius 2 is 0.622 bits per heavy atom. The number of ketones is 2. The summed E-state index contributed by atoms with van der Waals surface area (Å²) in [6.07, 6.45) is 0. The fourth-order valence-electron chi connectivity index (χ4n) is 9.62. The van der Waals surface area contributed by atoms with Gasteiger partial charge in [-0.15, -0.1) is 0 Å². The average molecular weight is 1100 g/mol. The molecule has 0 spiro atoms. The molecule has 82 heavy (non-hydrogen) atoms. The van der Waals surface area contributed by atoms with Crippen LogP contribution in [0.4, 0.5) is 22.7 Å². The van der Waals surface area contributed by atoms with E-state index in [4.69, 9.17) is 14.2 Å². The summed E-state index contributed by atoms with van der Waals surface area (Å²) in [5, 5.41) is 5.44. The van der Waals surface area contributed by atoms with Crippen molar-refractivity contribution in [3.8, 4) is 17.2 Å². The molecule has 14 heteroatoms. The van der Waals surface area contributed by atoms with E-state index < -0.39 is 35.2 Å². The highest BCUT2D eigenvalue weighted by atomic mass is 16.5. The van der Waals surface area contributed by atoms with Gasteiger partial charge in [-0.05, 0) is 131 Å². The van der Waals surface area contributed by atoms with Crippen LogP contribution in [0.15, 0.2) is 205 Å². The van der Waals surface area contributed by atoms with Crippen LogP contribution in [0.2, 0.25) is 0 Å². The van der Waals surface area contributed by atoms with Gasteiger partial charge in [0.05, 0.1) is 43.9 Å². The molecule has 0 saturated carbocycles. The highest BCUT2D eigenvalue weighted by Crippen LogP contribution is 2.49. The molecule has 14 nitrogen and oxygen atoms in total. The smallest absolute Gasteiger partial charge is 0.265 e. The molecule has 2 unspecified atom stereocenters. The Hall–Kier alpha value is -10.2. The van der Waals surface area contributed by atoms with E-state index in [1.54, 1.807) is 114 Å². The standard InChI is InChI=1S/C34H32N2O6.C34H28N2O3.H2O/c1-21-5-9-23(10-6-21)31(37)29(33(39)35-25-13-17-27(41-3)18-14-25)30(32(38)24-11-7-22(2)8-12-24)34(40)36-26-15-19-28(42-4)20-16-26;1-21-5-11-24(12-6-21)31-29-30(33(37)35(31)26-15-9-23(3)10-16-26)32(25-13-7-22(2)8-14-25)36(34(29)38)27-17-19-28(39-4)20-18-27;/h5-20,29-30H,1-4H3,(H,35,39)(H,36,40);5-20H,1-4H3;1H2. The summed E-state index contributed by atoms with van der Waals surface area (Å²) in [5.74, 6) is -4.86. The SMILES string of the molecule is COc1ccc(N2C(=O)C3=C(c4ccc(C)cc4)N(c4ccc(C)cc4)C(=O)C3=C2c2ccc(C)cc2)cc1.COc1ccc(NC(=O)C(C(=O)c2ccc(C)cc2)C(C(=O)Nc2ccc(OC)cc2)C(=O)c2ccc(C)cc2)cc1.O. The van der Waals surface area contributed by atoms with Crippen molar-refractivity contribution < 1.29 is 48.5 Å². The lowest BCUT2D eigenvalue weighted by Gasteiger charge is -2.26. The maximum atomic E-state index is 14.4. The highest BCUT2D eigenvalue weighted by Gasteiger charge is 2.50. The zero-order chi connectivity index (χ0) is 57.5. The summed E-state index contributed by atoms with van der Waals surface area (Å²) < 4.78 is 15.7. The summed E-state index contributed by atoms with van der Waals surface area (Å²) in [4.78, 5) is 88.1. The molecule has 2 heterocycles. The molecule has 0 aromatic heterocycles. The number of amides is 4. The minimum atomic E-state index is -1.68. The van der Waals surface area contributed by atoms with Crippen molar-refractivity contribution in [1.29, 1.82) is 0 Å². The second-order valence-electron chi connectivity index (χ2n) is 19.8. The first-order valence-corrected chi connectivity index (χ1v) is 26.2. The summed E-state index contributed by atoms with van der Waals surface area (Å²) in [6.45, 7) is 9.79. The zero-order valence-corrected chi connectivity index (χ0v) is 46.7. The molecule has 4 amide bonds. The molecule has 2 atom stereocenters. The third-order valence-electron chi connectivity index (χ3n) is 14.1. The predicted octanol–water partition coefficient (Wildman–Crippen LogP) is 11.9. The molecule has 0 saturated heterocycles. The molecule has 414 valence electrons. The minimum Gasteiger partial charge on any atom is -0.497 e. The van der Waals surface area contributed by atoms with Crippen LogP contribution in [0.3, 0.4) is 0 Å². The van der Waals surface area contributed by atoms with Crippen LogP contribution in [0.1, 0.15) is 59.7 Å². The Kier molecular flexibility index (Phi) is 17.9. The molecule has 0 bridgehead atoms. The Labute approximate surface area is 476 Å². The molecule has 0 radical (unpaired) electrons. The molecule has 4 N–H and O–H groups in total. The van der Waals surface area contributed by atoms with Gasteiger partial charge in [0.15, 0.2) is 11.6 Å². The number of nitrogens with zero attached hydrogens (tertiary/aromatic N) is 2. The number of methoxy groups -OCH3 is 3. The highest BCUT2D eigenvalue weighted by molar-refractivity contribution is 6.41. The second-order valence-corrected chi connectivity index (χ2v) is 19.8. The van der Waals surface area contributed by atoms with E-state index in [0.717, 1.165) is 44.6 Å². The number of carbonyl (C=O) groups is 6. The number of hydrogen-bond donors (Lipinski definition) is 2. The van der Waals surface area contributed by atoms with E-state index in [1.165, 1.54) is 14.2 Å². The molecule has 0 fully saturated rings. The fourth-order valence-corrected chi connectivity index (χ4v) is 9.62. The number of hydrogen-bond acceptors (Lipinski definition) is 9. The van der Waals surface area contributed by atoms with Crippen molar-refractivity contribution in [2.45, 2.75) is 34.6 Å². The number of nitrogens with one attached hydrogen (secondary N) is 2. The van der Waals surface area contributed by atoms with Gasteiger partial charge in [0.2, 0.25) is 11.8 Å². The molecule has 2 aliphatic rings. The third-order valence-corrected chi connectivity index (χ3v) is 14.1. The molecule has 8 aromatic carbocycles. The average Bonchev–Trinajstić information content (AvgIpc) is 1.90. The first-order valence-electron chi connectivity index (χ1n) is 26.2. The summed E-state index contributed by atoms with van der Waals surface area (Å²) in [7, 11) is 4.65. The van der Waals surface area contributed by atoms with Crippen LogP contribution in [0.5, 0.6) is 17.2 Å². The van der Waals surface area contributed by atoms with Crippen LogP contribution in [-0.4, -0.2) is 62.0 Å². The van der Waals surface area contributed by atoms with Crippen molar-refractivity contribution in [1.82, 2.24) is 0 Å². The van der Waals surface area contributed by atoms with Crippen molar-refractivity contribution in [3.63, 3.8) is 0 Å². The molecule has 8 aromatic rings. The van der Waals surface area contributed by atoms with Gasteiger partial charge >= 0.3 is 0 Å². The Morgan fingerprint density at radius 3 is 0.915 bits per heavy atom. The largest absolute Gasteiger partial charge is 0.497 e. The molecule has 10 rings (SSSR count). The van der Waals surface area contributed by atoms with Crippen LogP contribution in [0.25, 0.3) is 11.4 Å². The van der Waals surface area contributed by atoms with E-state index in [-0.39, 0.29) is 28.4 Å². The van der Waals surface area contributed by atoms with Gasteiger partial charge in [-0.25, -0.2) is 0 Å².